The van der Waals surface area contributed by atoms with Gasteiger partial charge in [-0.2, -0.15) is 0 Å². The number of allylic oxidation sites excluding steroid dienone is 5. The van der Waals surface area contributed by atoms with Gasteiger partial charge in [0, 0.05) is 32.6 Å². The van der Waals surface area contributed by atoms with Crippen LogP contribution >= 0.6 is 0 Å². The number of anilines is 1. The fraction of sp³-hybridized carbons (Fsp3) is 0.368. The molecule has 0 aliphatic carbocycles. The minimum atomic E-state index is 0.679. The predicted molar refractivity (Wildman–Crippen MR) is 100 cm³/mol. The summed E-state index contributed by atoms with van der Waals surface area (Å²) in [5.41, 5.74) is 4.14. The molecular weight excluding hydrogens is 300 g/mol. The highest BCUT2D eigenvalue weighted by Gasteiger charge is 2.15. The Bertz CT molecular complexity index is 758. The van der Waals surface area contributed by atoms with Gasteiger partial charge in [-0.3, -0.25) is 9.38 Å². The highest BCUT2D eigenvalue weighted by atomic mass is 16.5. The molecule has 0 fully saturated rings. The molecule has 0 spiro atoms. The number of nitrogens with zero attached hydrogens (tertiary/aromatic N) is 4. The van der Waals surface area contributed by atoms with Crippen LogP contribution in [0.1, 0.15) is 26.5 Å². The summed E-state index contributed by atoms with van der Waals surface area (Å²) in [5.74, 6) is 0.888. The van der Waals surface area contributed by atoms with Gasteiger partial charge >= 0.3 is 0 Å². The molecule has 0 aliphatic heterocycles. The van der Waals surface area contributed by atoms with Gasteiger partial charge in [-0.25, -0.2) is 4.98 Å². The largest absolute Gasteiger partial charge is 0.380 e. The summed E-state index contributed by atoms with van der Waals surface area (Å²) >= 11 is 0. The quantitative estimate of drug-likeness (QED) is 0.547. The first-order chi connectivity index (χ1) is 11.6. The summed E-state index contributed by atoms with van der Waals surface area (Å²) in [7, 11) is 2.03. The van der Waals surface area contributed by atoms with Crippen molar-refractivity contribution >= 4 is 17.0 Å². The Balaban J connectivity index is 2.40. The zero-order chi connectivity index (χ0) is 17.5. The lowest BCUT2D eigenvalue weighted by atomic mass is 10.1. The molecule has 5 nitrogen and oxygen atoms in total. The van der Waals surface area contributed by atoms with Crippen LogP contribution in [0.2, 0.25) is 0 Å². The molecule has 2 aromatic rings. The van der Waals surface area contributed by atoms with Crippen LogP contribution in [0.25, 0.3) is 11.1 Å². The van der Waals surface area contributed by atoms with E-state index < -0.39 is 0 Å². The normalized spacial score (nSPS) is 12.7. The lowest BCUT2D eigenvalue weighted by Gasteiger charge is -2.16. The van der Waals surface area contributed by atoms with Crippen molar-refractivity contribution in [3.63, 3.8) is 0 Å². The van der Waals surface area contributed by atoms with E-state index in [-0.39, 0.29) is 0 Å². The van der Waals surface area contributed by atoms with Crippen LogP contribution in [-0.2, 0) is 4.74 Å². The lowest BCUT2D eigenvalue weighted by molar-refractivity contribution is 0.154. The fourth-order valence-electron chi connectivity index (χ4n) is 2.33. The van der Waals surface area contributed by atoms with E-state index in [1.54, 1.807) is 6.20 Å². The van der Waals surface area contributed by atoms with Gasteiger partial charge in [0.25, 0.3) is 0 Å². The van der Waals surface area contributed by atoms with Crippen molar-refractivity contribution < 1.29 is 4.74 Å². The van der Waals surface area contributed by atoms with Crippen molar-refractivity contribution in [3.05, 3.63) is 54.7 Å². The zero-order valence-corrected chi connectivity index (χ0v) is 15.0. The average Bonchev–Trinajstić information content (AvgIpc) is 2.99. The summed E-state index contributed by atoms with van der Waals surface area (Å²) in [6.45, 7) is 12.1. The minimum Gasteiger partial charge on any atom is -0.380 e. The van der Waals surface area contributed by atoms with Crippen LogP contribution in [0.4, 0.5) is 5.95 Å². The molecule has 0 unspecified atom stereocenters. The van der Waals surface area contributed by atoms with Crippen molar-refractivity contribution in [3.8, 4) is 0 Å². The number of hydrogen-bond acceptors (Lipinski definition) is 4. The Labute approximate surface area is 144 Å². The Morgan fingerprint density at radius 2 is 2.17 bits per heavy atom. The highest BCUT2D eigenvalue weighted by Crippen LogP contribution is 2.24. The second-order valence-electron chi connectivity index (χ2n) is 5.67. The summed E-state index contributed by atoms with van der Waals surface area (Å²) in [6, 6.07) is 0. The fourth-order valence-corrected chi connectivity index (χ4v) is 2.33. The maximum absolute atomic E-state index is 5.45. The first-order valence-electron chi connectivity index (χ1n) is 8.17. The van der Waals surface area contributed by atoms with Crippen LogP contribution < -0.4 is 4.90 Å². The van der Waals surface area contributed by atoms with Crippen LogP contribution in [-0.4, -0.2) is 41.2 Å². The molecule has 2 aromatic heterocycles. The first-order valence-corrected chi connectivity index (χ1v) is 8.17. The molecule has 0 amide bonds. The van der Waals surface area contributed by atoms with Crippen LogP contribution in [0.15, 0.2) is 49.0 Å². The Morgan fingerprint density at radius 3 is 2.88 bits per heavy atom. The number of rotatable bonds is 8. The third-order valence-corrected chi connectivity index (χ3v) is 3.84. The molecule has 0 radical (unpaired) electrons. The van der Waals surface area contributed by atoms with E-state index in [2.05, 4.69) is 33.9 Å². The standard InChI is InChI=1S/C19H26N4O/c1-6-15(3)8-9-16(4)18-17-14-20-10-11-23(17)19(21-18)22(5)12-13-24-7-2/h6,8-11,14H,1,7,12-13H2,2-5H3/b15-8-,16-9+. The monoisotopic (exact) mass is 326 g/mol. The summed E-state index contributed by atoms with van der Waals surface area (Å²) in [6.07, 6.45) is 11.5. The predicted octanol–water partition coefficient (Wildman–Crippen LogP) is 3.74. The zero-order valence-electron chi connectivity index (χ0n) is 15.0. The van der Waals surface area contributed by atoms with E-state index in [0.29, 0.717) is 6.61 Å². The molecular formula is C19H26N4O. The molecule has 0 atom stereocenters. The van der Waals surface area contributed by atoms with Crippen molar-refractivity contribution in [1.82, 2.24) is 14.4 Å². The van der Waals surface area contributed by atoms with E-state index >= 15 is 0 Å². The number of ether oxygens (including phenoxy) is 1. The van der Waals surface area contributed by atoms with E-state index in [4.69, 9.17) is 9.72 Å². The summed E-state index contributed by atoms with van der Waals surface area (Å²) < 4.78 is 7.51. The Kier molecular flexibility index (Phi) is 6.32. The molecule has 0 aliphatic rings. The van der Waals surface area contributed by atoms with Crippen molar-refractivity contribution in [2.45, 2.75) is 20.8 Å². The van der Waals surface area contributed by atoms with Crippen molar-refractivity contribution in [2.75, 3.05) is 31.7 Å². The third kappa shape index (κ3) is 4.11. The maximum Gasteiger partial charge on any atom is 0.210 e. The van der Waals surface area contributed by atoms with Crippen LogP contribution in [0.5, 0.6) is 0 Å². The van der Waals surface area contributed by atoms with Crippen LogP contribution in [0, 0.1) is 0 Å². The van der Waals surface area contributed by atoms with Gasteiger partial charge in [-0.05, 0) is 26.3 Å². The minimum absolute atomic E-state index is 0.679. The van der Waals surface area contributed by atoms with Gasteiger partial charge in [-0.1, -0.05) is 30.4 Å². The number of hydrogen-bond donors (Lipinski definition) is 0. The Hall–Kier alpha value is -2.40. The molecule has 2 rings (SSSR count). The lowest BCUT2D eigenvalue weighted by Crippen LogP contribution is -2.24. The Morgan fingerprint density at radius 1 is 1.38 bits per heavy atom. The van der Waals surface area contributed by atoms with Gasteiger partial charge in [0.1, 0.15) is 0 Å². The second kappa shape index (κ2) is 8.45. The maximum atomic E-state index is 5.45. The van der Waals surface area contributed by atoms with E-state index in [1.165, 1.54) is 0 Å². The average molecular weight is 326 g/mol. The number of likely N-dealkylation sites (N-methyl/N-ethyl adjacent to an activating group) is 1. The number of imidazole rings is 1. The molecule has 0 saturated heterocycles. The summed E-state index contributed by atoms with van der Waals surface area (Å²) in [5, 5.41) is 0. The van der Waals surface area contributed by atoms with Gasteiger partial charge in [-0.15, -0.1) is 0 Å². The second-order valence-corrected chi connectivity index (χ2v) is 5.67. The molecule has 0 aromatic carbocycles. The van der Waals surface area contributed by atoms with E-state index in [0.717, 1.165) is 41.5 Å². The number of aromatic nitrogens is 3. The topological polar surface area (TPSA) is 42.7 Å². The third-order valence-electron chi connectivity index (χ3n) is 3.84. The van der Waals surface area contributed by atoms with Gasteiger partial charge in [0.15, 0.2) is 0 Å². The highest BCUT2D eigenvalue weighted by molar-refractivity contribution is 5.77. The smallest absolute Gasteiger partial charge is 0.210 e. The van der Waals surface area contributed by atoms with Gasteiger partial charge < -0.3 is 9.64 Å². The molecule has 0 saturated carbocycles. The van der Waals surface area contributed by atoms with Crippen LogP contribution in [0.3, 0.4) is 0 Å². The molecule has 24 heavy (non-hydrogen) atoms. The van der Waals surface area contributed by atoms with Crippen molar-refractivity contribution in [1.29, 1.82) is 0 Å². The van der Waals surface area contributed by atoms with Gasteiger partial charge in [0.05, 0.1) is 24.0 Å². The summed E-state index contributed by atoms with van der Waals surface area (Å²) in [4.78, 5) is 11.2. The molecule has 2 heterocycles. The van der Waals surface area contributed by atoms with E-state index in [1.807, 2.05) is 45.4 Å². The molecule has 0 N–H and O–H groups in total. The molecule has 128 valence electrons. The van der Waals surface area contributed by atoms with Gasteiger partial charge in [0.2, 0.25) is 5.95 Å². The van der Waals surface area contributed by atoms with Crippen molar-refractivity contribution in [2.24, 2.45) is 0 Å². The molecule has 0 bridgehead atoms. The number of fused-ring (bicyclic) bond motifs is 1. The molecule has 5 heteroatoms. The first kappa shape index (κ1) is 17.9. The SMILES string of the molecule is C=C/C(C)=C\C=C(/C)c1nc(N(C)CCOCC)n2ccncc12. The van der Waals surface area contributed by atoms with E-state index in [9.17, 15) is 0 Å².